The van der Waals surface area contributed by atoms with Gasteiger partial charge in [0.15, 0.2) is 0 Å². The summed E-state index contributed by atoms with van der Waals surface area (Å²) in [6.07, 6.45) is 0.275. The number of carboxylic acids is 1. The van der Waals surface area contributed by atoms with Crippen molar-refractivity contribution in [2.24, 2.45) is 0 Å². The summed E-state index contributed by atoms with van der Waals surface area (Å²) in [6.45, 7) is 0.564. The van der Waals surface area contributed by atoms with Gasteiger partial charge in [-0.2, -0.15) is 0 Å². The lowest BCUT2D eigenvalue weighted by Gasteiger charge is -2.26. The van der Waals surface area contributed by atoms with Gasteiger partial charge in [-0.1, -0.05) is 0 Å². The highest BCUT2D eigenvalue weighted by atomic mass is 16.5. The van der Waals surface area contributed by atoms with Crippen LogP contribution in [0.5, 0.6) is 0 Å². The standard InChI is InChI=1S/C7H12O4/c8-5-2-1-3-11-6(5)4-7(9)10/h5-6,8H,1-4H2,(H,9,10). The molecule has 0 spiro atoms. The summed E-state index contributed by atoms with van der Waals surface area (Å²) >= 11 is 0. The van der Waals surface area contributed by atoms with Crippen LogP contribution in [0.1, 0.15) is 19.3 Å². The molecule has 0 saturated carbocycles. The van der Waals surface area contributed by atoms with Crippen LogP contribution >= 0.6 is 0 Å². The minimum absolute atomic E-state index is 0.0961. The Labute approximate surface area is 64.8 Å². The van der Waals surface area contributed by atoms with E-state index >= 15 is 0 Å². The van der Waals surface area contributed by atoms with Crippen molar-refractivity contribution in [2.75, 3.05) is 6.61 Å². The zero-order valence-corrected chi connectivity index (χ0v) is 6.19. The Morgan fingerprint density at radius 1 is 1.64 bits per heavy atom. The van der Waals surface area contributed by atoms with Crippen molar-refractivity contribution in [2.45, 2.75) is 31.5 Å². The molecule has 64 valence electrons. The lowest BCUT2D eigenvalue weighted by atomic mass is 10.0. The van der Waals surface area contributed by atoms with Crippen molar-refractivity contribution >= 4 is 5.97 Å². The maximum Gasteiger partial charge on any atom is 0.306 e. The fourth-order valence-corrected chi connectivity index (χ4v) is 1.19. The number of carboxylic acid groups (broad SMARTS) is 1. The molecule has 2 N–H and O–H groups in total. The molecule has 4 heteroatoms. The average Bonchev–Trinajstić information content (AvgIpc) is 1.93. The molecule has 0 aromatic carbocycles. The zero-order chi connectivity index (χ0) is 8.27. The first-order valence-corrected chi connectivity index (χ1v) is 3.71. The van der Waals surface area contributed by atoms with Gasteiger partial charge in [-0.25, -0.2) is 0 Å². The molecule has 0 aliphatic carbocycles. The van der Waals surface area contributed by atoms with Gasteiger partial charge < -0.3 is 14.9 Å². The Morgan fingerprint density at radius 3 is 2.91 bits per heavy atom. The molecule has 4 nitrogen and oxygen atoms in total. The smallest absolute Gasteiger partial charge is 0.306 e. The van der Waals surface area contributed by atoms with E-state index in [0.717, 1.165) is 6.42 Å². The summed E-state index contributed by atoms with van der Waals surface area (Å²) < 4.78 is 5.07. The van der Waals surface area contributed by atoms with Gasteiger partial charge in [-0.05, 0) is 12.8 Å². The van der Waals surface area contributed by atoms with E-state index in [1.807, 2.05) is 0 Å². The number of carbonyl (C=O) groups is 1. The van der Waals surface area contributed by atoms with Crippen LogP contribution < -0.4 is 0 Å². The molecular weight excluding hydrogens is 148 g/mol. The monoisotopic (exact) mass is 160 g/mol. The first kappa shape index (κ1) is 8.49. The van der Waals surface area contributed by atoms with Gasteiger partial charge in [0, 0.05) is 6.61 Å². The maximum atomic E-state index is 10.2. The number of aliphatic hydroxyl groups excluding tert-OH is 1. The van der Waals surface area contributed by atoms with Crippen LogP contribution in [0.15, 0.2) is 0 Å². The largest absolute Gasteiger partial charge is 0.481 e. The van der Waals surface area contributed by atoms with Gasteiger partial charge >= 0.3 is 5.97 Å². The number of hydrogen-bond acceptors (Lipinski definition) is 3. The predicted octanol–water partition coefficient (Wildman–Crippen LogP) is 0.001000. The van der Waals surface area contributed by atoms with Crippen LogP contribution in [-0.4, -0.2) is 35.0 Å². The Morgan fingerprint density at radius 2 is 2.36 bits per heavy atom. The Bertz CT molecular complexity index is 145. The topological polar surface area (TPSA) is 66.8 Å². The molecule has 1 heterocycles. The number of aliphatic carboxylic acids is 1. The second kappa shape index (κ2) is 3.69. The molecule has 0 radical (unpaired) electrons. The molecular formula is C7H12O4. The second-order valence-electron chi connectivity index (χ2n) is 2.72. The quantitative estimate of drug-likeness (QED) is 0.596. The molecule has 1 fully saturated rings. The van der Waals surface area contributed by atoms with Crippen LogP contribution in [0.25, 0.3) is 0 Å². The Balaban J connectivity index is 2.35. The predicted molar refractivity (Wildman–Crippen MR) is 37.2 cm³/mol. The third-order valence-corrected chi connectivity index (χ3v) is 1.78. The molecule has 11 heavy (non-hydrogen) atoms. The Hall–Kier alpha value is -0.610. The second-order valence-corrected chi connectivity index (χ2v) is 2.72. The van der Waals surface area contributed by atoms with E-state index in [2.05, 4.69) is 0 Å². The number of ether oxygens (including phenoxy) is 1. The highest BCUT2D eigenvalue weighted by Crippen LogP contribution is 2.16. The van der Waals surface area contributed by atoms with Gasteiger partial charge in [0.1, 0.15) is 0 Å². The van der Waals surface area contributed by atoms with E-state index in [-0.39, 0.29) is 6.42 Å². The van der Waals surface area contributed by atoms with Gasteiger partial charge in [0.25, 0.3) is 0 Å². The van der Waals surface area contributed by atoms with E-state index in [1.165, 1.54) is 0 Å². The summed E-state index contributed by atoms with van der Waals surface area (Å²) in [6, 6.07) is 0. The molecule has 0 aromatic rings. The van der Waals surface area contributed by atoms with E-state index in [1.54, 1.807) is 0 Å². The van der Waals surface area contributed by atoms with Crippen molar-refractivity contribution in [1.82, 2.24) is 0 Å². The van der Waals surface area contributed by atoms with E-state index in [0.29, 0.717) is 13.0 Å². The van der Waals surface area contributed by atoms with E-state index in [4.69, 9.17) is 9.84 Å². The molecule has 0 aromatic heterocycles. The van der Waals surface area contributed by atoms with Crippen molar-refractivity contribution in [3.8, 4) is 0 Å². The number of rotatable bonds is 2. The summed E-state index contributed by atoms with van der Waals surface area (Å²) in [5, 5.41) is 17.6. The minimum atomic E-state index is -0.920. The molecule has 2 unspecified atom stereocenters. The van der Waals surface area contributed by atoms with Crippen LogP contribution in [0.4, 0.5) is 0 Å². The summed E-state index contributed by atoms with van der Waals surface area (Å²) in [5.74, 6) is -0.920. The maximum absolute atomic E-state index is 10.2. The van der Waals surface area contributed by atoms with Crippen molar-refractivity contribution < 1.29 is 19.7 Å². The van der Waals surface area contributed by atoms with Crippen molar-refractivity contribution in [3.63, 3.8) is 0 Å². The van der Waals surface area contributed by atoms with Crippen LogP contribution in [0.2, 0.25) is 0 Å². The van der Waals surface area contributed by atoms with Crippen molar-refractivity contribution in [3.05, 3.63) is 0 Å². The van der Waals surface area contributed by atoms with Gasteiger partial charge in [0.2, 0.25) is 0 Å². The molecule has 0 amide bonds. The normalized spacial score (nSPS) is 31.7. The van der Waals surface area contributed by atoms with Crippen LogP contribution in [0, 0.1) is 0 Å². The van der Waals surface area contributed by atoms with Crippen LogP contribution in [0.3, 0.4) is 0 Å². The summed E-state index contributed by atoms with van der Waals surface area (Å²) in [5.41, 5.74) is 0. The molecule has 1 aliphatic heterocycles. The minimum Gasteiger partial charge on any atom is -0.481 e. The first-order valence-electron chi connectivity index (χ1n) is 3.71. The average molecular weight is 160 g/mol. The third-order valence-electron chi connectivity index (χ3n) is 1.78. The van der Waals surface area contributed by atoms with E-state index in [9.17, 15) is 9.90 Å². The first-order chi connectivity index (χ1) is 5.20. The van der Waals surface area contributed by atoms with Crippen molar-refractivity contribution in [1.29, 1.82) is 0 Å². The number of aliphatic hydroxyl groups is 1. The SMILES string of the molecule is O=C(O)CC1OCCCC1O. The Kier molecular flexibility index (Phi) is 2.84. The van der Waals surface area contributed by atoms with Gasteiger partial charge in [0.05, 0.1) is 18.6 Å². The van der Waals surface area contributed by atoms with Gasteiger partial charge in [-0.3, -0.25) is 4.79 Å². The van der Waals surface area contributed by atoms with E-state index < -0.39 is 18.2 Å². The fourth-order valence-electron chi connectivity index (χ4n) is 1.19. The number of hydrogen-bond donors (Lipinski definition) is 2. The highest BCUT2D eigenvalue weighted by Gasteiger charge is 2.25. The fraction of sp³-hybridized carbons (Fsp3) is 0.857. The zero-order valence-electron chi connectivity index (χ0n) is 6.19. The lowest BCUT2D eigenvalue weighted by Crippen LogP contribution is -2.35. The van der Waals surface area contributed by atoms with Crippen LogP contribution in [-0.2, 0) is 9.53 Å². The van der Waals surface area contributed by atoms with Gasteiger partial charge in [-0.15, -0.1) is 0 Å². The lowest BCUT2D eigenvalue weighted by molar-refractivity contribution is -0.145. The molecule has 1 aliphatic rings. The molecule has 1 saturated heterocycles. The molecule has 1 rings (SSSR count). The highest BCUT2D eigenvalue weighted by molar-refractivity contribution is 5.67. The third kappa shape index (κ3) is 2.48. The summed E-state index contributed by atoms with van der Waals surface area (Å²) in [4.78, 5) is 10.2. The summed E-state index contributed by atoms with van der Waals surface area (Å²) in [7, 11) is 0. The molecule has 0 bridgehead atoms. The molecule has 2 atom stereocenters.